The van der Waals surface area contributed by atoms with Gasteiger partial charge >= 0.3 is 6.18 Å². The number of aliphatic hydroxyl groups is 1. The first-order valence-corrected chi connectivity index (χ1v) is 11.1. The van der Waals surface area contributed by atoms with Crippen molar-refractivity contribution < 1.29 is 37.0 Å². The number of hydrogen-bond donors (Lipinski definition) is 2. The number of carbonyl (C=O) groups excluding carboxylic acids is 1. The molecule has 0 aliphatic heterocycles. The Hall–Kier alpha value is -3.20. The fourth-order valence-electron chi connectivity index (χ4n) is 4.28. The number of amides is 1. The van der Waals surface area contributed by atoms with Crippen molar-refractivity contribution in [1.29, 1.82) is 0 Å². The minimum absolute atomic E-state index is 0.00554. The number of halogens is 3. The normalized spacial score (nSPS) is 18.6. The smallest absolute Gasteiger partial charge is 0.422 e. The Morgan fingerprint density at radius 1 is 1.12 bits per heavy atom. The molecule has 6 nitrogen and oxygen atoms in total. The highest BCUT2D eigenvalue weighted by Crippen LogP contribution is 2.39. The Balaban J connectivity index is 1.65. The number of furan rings is 1. The SMILES string of the molecule is COc1cc(-c2ccccc2OCC(F)(F)F)c2oc(C(=O)NC3CCC(CO)CC3)cc2c1. The summed E-state index contributed by atoms with van der Waals surface area (Å²) in [6, 6.07) is 11.3. The molecule has 0 unspecified atom stereocenters. The number of aliphatic hydroxyl groups excluding tert-OH is 1. The highest BCUT2D eigenvalue weighted by molar-refractivity contribution is 6.01. The highest BCUT2D eigenvalue weighted by Gasteiger charge is 2.29. The van der Waals surface area contributed by atoms with Crippen LogP contribution in [0.4, 0.5) is 13.2 Å². The fourth-order valence-corrected chi connectivity index (χ4v) is 4.28. The van der Waals surface area contributed by atoms with Crippen molar-refractivity contribution in [2.45, 2.75) is 37.9 Å². The fraction of sp³-hybridized carbons (Fsp3) is 0.400. The van der Waals surface area contributed by atoms with Gasteiger partial charge < -0.3 is 24.3 Å². The van der Waals surface area contributed by atoms with E-state index in [0.717, 1.165) is 25.7 Å². The lowest BCUT2D eigenvalue weighted by Crippen LogP contribution is -2.37. The summed E-state index contributed by atoms with van der Waals surface area (Å²) in [5, 5.41) is 12.9. The van der Waals surface area contributed by atoms with Crippen LogP contribution in [-0.4, -0.2) is 43.6 Å². The molecule has 2 aromatic carbocycles. The van der Waals surface area contributed by atoms with Gasteiger partial charge in [-0.2, -0.15) is 13.2 Å². The van der Waals surface area contributed by atoms with Crippen LogP contribution in [-0.2, 0) is 0 Å². The van der Waals surface area contributed by atoms with E-state index in [1.807, 2.05) is 0 Å². The molecule has 1 aliphatic carbocycles. The second-order valence-corrected chi connectivity index (χ2v) is 8.48. The van der Waals surface area contributed by atoms with Crippen molar-refractivity contribution in [3.63, 3.8) is 0 Å². The molecule has 1 aromatic heterocycles. The summed E-state index contributed by atoms with van der Waals surface area (Å²) in [4.78, 5) is 12.9. The summed E-state index contributed by atoms with van der Waals surface area (Å²) in [5.41, 5.74) is 1.19. The maximum Gasteiger partial charge on any atom is 0.422 e. The first kappa shape index (κ1) is 23.9. The van der Waals surface area contributed by atoms with Crippen molar-refractivity contribution in [1.82, 2.24) is 5.32 Å². The molecule has 1 saturated carbocycles. The van der Waals surface area contributed by atoms with Crippen molar-refractivity contribution in [3.8, 4) is 22.6 Å². The topological polar surface area (TPSA) is 80.9 Å². The molecule has 182 valence electrons. The standard InChI is InChI=1S/C25H26F3NO5/c1-32-18-10-16-11-22(24(31)29-17-8-6-15(13-30)7-9-17)34-23(16)20(12-18)19-4-2-3-5-21(19)33-14-25(26,27)28/h2-5,10-12,15,17,30H,6-9,13-14H2,1H3,(H,29,31). The van der Waals surface area contributed by atoms with Gasteiger partial charge in [0.1, 0.15) is 17.1 Å². The molecule has 1 heterocycles. The van der Waals surface area contributed by atoms with E-state index in [1.54, 1.807) is 36.4 Å². The second kappa shape index (κ2) is 9.97. The Labute approximate surface area is 194 Å². The summed E-state index contributed by atoms with van der Waals surface area (Å²) in [6.07, 6.45) is -1.24. The van der Waals surface area contributed by atoms with Gasteiger partial charge in [0.25, 0.3) is 5.91 Å². The molecule has 1 amide bonds. The first-order chi connectivity index (χ1) is 16.3. The maximum atomic E-state index is 12.9. The van der Waals surface area contributed by atoms with Gasteiger partial charge in [0.15, 0.2) is 12.4 Å². The van der Waals surface area contributed by atoms with Gasteiger partial charge in [0.2, 0.25) is 0 Å². The summed E-state index contributed by atoms with van der Waals surface area (Å²) in [6.45, 7) is -1.27. The van der Waals surface area contributed by atoms with Crippen LogP contribution >= 0.6 is 0 Å². The summed E-state index contributed by atoms with van der Waals surface area (Å²) >= 11 is 0. The molecule has 0 radical (unpaired) electrons. The van der Waals surface area contributed by atoms with Crippen molar-refractivity contribution >= 4 is 16.9 Å². The minimum Gasteiger partial charge on any atom is -0.497 e. The van der Waals surface area contributed by atoms with E-state index in [2.05, 4.69) is 5.32 Å². The Kier molecular flexibility index (Phi) is 7.02. The first-order valence-electron chi connectivity index (χ1n) is 11.1. The predicted molar refractivity (Wildman–Crippen MR) is 120 cm³/mol. The minimum atomic E-state index is -4.48. The molecule has 0 atom stereocenters. The van der Waals surface area contributed by atoms with Crippen LogP contribution < -0.4 is 14.8 Å². The van der Waals surface area contributed by atoms with Crippen molar-refractivity contribution in [3.05, 3.63) is 48.2 Å². The Morgan fingerprint density at radius 3 is 2.53 bits per heavy atom. The van der Waals surface area contributed by atoms with Crippen LogP contribution in [0.15, 0.2) is 46.9 Å². The monoisotopic (exact) mass is 477 g/mol. The van der Waals surface area contributed by atoms with Gasteiger partial charge in [-0.15, -0.1) is 0 Å². The largest absolute Gasteiger partial charge is 0.497 e. The number of hydrogen-bond acceptors (Lipinski definition) is 5. The quantitative estimate of drug-likeness (QED) is 0.481. The molecule has 0 saturated heterocycles. The summed E-state index contributed by atoms with van der Waals surface area (Å²) in [7, 11) is 1.48. The molecule has 34 heavy (non-hydrogen) atoms. The molecule has 3 aromatic rings. The van der Waals surface area contributed by atoms with E-state index in [4.69, 9.17) is 13.9 Å². The number of alkyl halides is 3. The molecule has 2 N–H and O–H groups in total. The number of carbonyl (C=O) groups is 1. The van der Waals surface area contributed by atoms with Crippen LogP contribution in [0.2, 0.25) is 0 Å². The molecular weight excluding hydrogens is 451 g/mol. The van der Waals surface area contributed by atoms with E-state index in [9.17, 15) is 23.1 Å². The average Bonchev–Trinajstić information content (AvgIpc) is 3.27. The van der Waals surface area contributed by atoms with Crippen LogP contribution in [0.25, 0.3) is 22.1 Å². The molecule has 0 bridgehead atoms. The third kappa shape index (κ3) is 5.47. The van der Waals surface area contributed by atoms with Gasteiger partial charge in [-0.05, 0) is 55.9 Å². The lowest BCUT2D eigenvalue weighted by atomic mass is 9.86. The zero-order valence-corrected chi connectivity index (χ0v) is 18.7. The molecule has 9 heteroatoms. The van der Waals surface area contributed by atoms with Gasteiger partial charge in [0, 0.05) is 29.2 Å². The van der Waals surface area contributed by atoms with Crippen LogP contribution in [0.5, 0.6) is 11.5 Å². The summed E-state index contributed by atoms with van der Waals surface area (Å²) in [5.74, 6) is 0.507. The van der Waals surface area contributed by atoms with Gasteiger partial charge in [-0.25, -0.2) is 0 Å². The number of fused-ring (bicyclic) bond motifs is 1. The van der Waals surface area contributed by atoms with E-state index in [-0.39, 0.29) is 36.0 Å². The van der Waals surface area contributed by atoms with E-state index in [0.29, 0.717) is 27.8 Å². The van der Waals surface area contributed by atoms with Crippen LogP contribution in [0.1, 0.15) is 36.2 Å². The number of rotatable bonds is 7. The number of nitrogens with one attached hydrogen (secondary N) is 1. The zero-order chi connectivity index (χ0) is 24.3. The lowest BCUT2D eigenvalue weighted by Gasteiger charge is -2.27. The maximum absolute atomic E-state index is 12.9. The third-order valence-corrected chi connectivity index (χ3v) is 6.06. The molecule has 4 rings (SSSR count). The van der Waals surface area contributed by atoms with Gasteiger partial charge in [-0.3, -0.25) is 4.79 Å². The molecular formula is C25H26F3NO5. The Bertz CT molecular complexity index is 1150. The predicted octanol–water partition coefficient (Wildman–Crippen LogP) is 5.33. The van der Waals surface area contributed by atoms with Crippen LogP contribution in [0, 0.1) is 5.92 Å². The highest BCUT2D eigenvalue weighted by atomic mass is 19.4. The van der Waals surface area contributed by atoms with E-state index < -0.39 is 12.8 Å². The second-order valence-electron chi connectivity index (χ2n) is 8.48. The van der Waals surface area contributed by atoms with E-state index in [1.165, 1.54) is 13.2 Å². The number of ether oxygens (including phenoxy) is 2. The molecule has 0 spiro atoms. The number of methoxy groups -OCH3 is 1. The summed E-state index contributed by atoms with van der Waals surface area (Å²) < 4.78 is 54.6. The third-order valence-electron chi connectivity index (χ3n) is 6.06. The molecule has 1 fully saturated rings. The van der Waals surface area contributed by atoms with Crippen LogP contribution in [0.3, 0.4) is 0 Å². The Morgan fingerprint density at radius 2 is 1.85 bits per heavy atom. The van der Waals surface area contributed by atoms with Crippen molar-refractivity contribution in [2.75, 3.05) is 20.3 Å². The zero-order valence-electron chi connectivity index (χ0n) is 18.7. The molecule has 1 aliphatic rings. The van der Waals surface area contributed by atoms with Gasteiger partial charge in [0.05, 0.1) is 7.11 Å². The van der Waals surface area contributed by atoms with Crippen molar-refractivity contribution in [2.24, 2.45) is 5.92 Å². The number of benzene rings is 2. The van der Waals surface area contributed by atoms with Gasteiger partial charge in [-0.1, -0.05) is 18.2 Å². The average molecular weight is 477 g/mol. The lowest BCUT2D eigenvalue weighted by molar-refractivity contribution is -0.153. The number of para-hydroxylation sites is 1. The van der Waals surface area contributed by atoms with E-state index >= 15 is 0 Å².